The Hall–Kier alpha value is -1.75. The third-order valence-corrected chi connectivity index (χ3v) is 5.29. The van der Waals surface area contributed by atoms with Crippen molar-refractivity contribution < 1.29 is 9.47 Å². The Morgan fingerprint density at radius 1 is 1.42 bits per heavy atom. The van der Waals surface area contributed by atoms with E-state index in [1.54, 1.807) is 7.11 Å². The van der Waals surface area contributed by atoms with Crippen LogP contribution in [0.5, 0.6) is 5.75 Å². The lowest BCUT2D eigenvalue weighted by atomic mass is 9.57. The zero-order valence-electron chi connectivity index (χ0n) is 15.1. The Morgan fingerprint density at radius 3 is 3.00 bits per heavy atom. The zero-order chi connectivity index (χ0) is 17.2. The Kier molecular flexibility index (Phi) is 4.99. The molecule has 0 aromatic heterocycles. The maximum atomic E-state index is 5.88. The maximum Gasteiger partial charge on any atom is 0.191 e. The van der Waals surface area contributed by atoms with Gasteiger partial charge >= 0.3 is 0 Å². The van der Waals surface area contributed by atoms with E-state index in [2.05, 4.69) is 37.5 Å². The first-order valence-corrected chi connectivity index (χ1v) is 8.85. The van der Waals surface area contributed by atoms with E-state index in [0.29, 0.717) is 24.6 Å². The van der Waals surface area contributed by atoms with Crippen LogP contribution < -0.4 is 15.4 Å². The molecular formula is C19H29N3O2. The molecule has 1 heterocycles. The topological polar surface area (TPSA) is 54.9 Å². The molecule has 24 heavy (non-hydrogen) atoms. The molecule has 3 rings (SSSR count). The molecule has 0 amide bonds. The summed E-state index contributed by atoms with van der Waals surface area (Å²) in [5, 5.41) is 7.01. The molecular weight excluding hydrogens is 302 g/mol. The molecule has 0 bridgehead atoms. The van der Waals surface area contributed by atoms with Crippen LogP contribution in [0.25, 0.3) is 0 Å². The summed E-state index contributed by atoms with van der Waals surface area (Å²) >= 11 is 0. The Balaban J connectivity index is 1.68. The van der Waals surface area contributed by atoms with Crippen molar-refractivity contribution in [1.82, 2.24) is 10.6 Å². The Bertz CT molecular complexity index is 600. The van der Waals surface area contributed by atoms with Crippen LogP contribution in [0.1, 0.15) is 32.8 Å². The van der Waals surface area contributed by atoms with Crippen molar-refractivity contribution in [2.75, 3.05) is 20.3 Å². The minimum Gasteiger partial charge on any atom is -0.497 e. The predicted molar refractivity (Wildman–Crippen MR) is 96.4 cm³/mol. The van der Waals surface area contributed by atoms with Gasteiger partial charge in [0.05, 0.1) is 19.8 Å². The Morgan fingerprint density at radius 2 is 2.25 bits per heavy atom. The number of fused-ring (bicyclic) bond motifs is 1. The molecule has 2 N–H and O–H groups in total. The number of nitrogens with one attached hydrogen (secondary N) is 2. The molecule has 5 heteroatoms. The van der Waals surface area contributed by atoms with Crippen molar-refractivity contribution in [3.63, 3.8) is 0 Å². The van der Waals surface area contributed by atoms with Gasteiger partial charge < -0.3 is 20.1 Å². The number of benzene rings is 1. The lowest BCUT2D eigenvalue weighted by Crippen LogP contribution is -2.67. The van der Waals surface area contributed by atoms with E-state index in [1.165, 1.54) is 0 Å². The van der Waals surface area contributed by atoms with Gasteiger partial charge in [0.25, 0.3) is 0 Å². The van der Waals surface area contributed by atoms with Crippen molar-refractivity contribution in [1.29, 1.82) is 0 Å². The summed E-state index contributed by atoms with van der Waals surface area (Å²) in [6.07, 6.45) is 1.53. The fraction of sp³-hybridized carbons (Fsp3) is 0.632. The van der Waals surface area contributed by atoms with Gasteiger partial charge in [-0.05, 0) is 31.0 Å². The van der Waals surface area contributed by atoms with Crippen molar-refractivity contribution in [2.45, 2.75) is 45.9 Å². The lowest BCUT2D eigenvalue weighted by Gasteiger charge is -2.54. The molecule has 1 saturated heterocycles. The van der Waals surface area contributed by atoms with E-state index in [0.717, 1.165) is 36.8 Å². The van der Waals surface area contributed by atoms with Gasteiger partial charge in [-0.2, -0.15) is 0 Å². The number of rotatable bonds is 5. The average molecular weight is 331 g/mol. The second-order valence-electron chi connectivity index (χ2n) is 7.23. The molecule has 0 radical (unpaired) electrons. The number of hydrogen-bond acceptors (Lipinski definition) is 3. The van der Waals surface area contributed by atoms with E-state index < -0.39 is 0 Å². The van der Waals surface area contributed by atoms with Gasteiger partial charge in [-0.15, -0.1) is 0 Å². The van der Waals surface area contributed by atoms with Crippen LogP contribution in [-0.4, -0.2) is 38.4 Å². The SMILES string of the molecule is CCNC(=NCc1cccc(OC)c1)NC1C2CCOC2C1(C)C. The zero-order valence-corrected chi connectivity index (χ0v) is 15.1. The summed E-state index contributed by atoms with van der Waals surface area (Å²) in [7, 11) is 1.69. The minimum atomic E-state index is 0.146. The number of ether oxygens (including phenoxy) is 2. The van der Waals surface area contributed by atoms with Gasteiger partial charge in [0.15, 0.2) is 5.96 Å². The monoisotopic (exact) mass is 331 g/mol. The van der Waals surface area contributed by atoms with Crippen LogP contribution in [0.2, 0.25) is 0 Å². The quantitative estimate of drug-likeness (QED) is 0.643. The lowest BCUT2D eigenvalue weighted by molar-refractivity contribution is -0.106. The highest BCUT2D eigenvalue weighted by Gasteiger charge is 2.59. The maximum absolute atomic E-state index is 5.88. The molecule has 1 saturated carbocycles. The standard InChI is InChI=1S/C19H29N3O2/c1-5-20-18(21-12-13-7-6-8-14(11-13)23-4)22-16-15-9-10-24-17(15)19(16,2)3/h6-8,11,15-17H,5,9-10,12H2,1-4H3,(H2,20,21,22). The number of guanidine groups is 1. The average Bonchev–Trinajstić information content (AvgIpc) is 3.04. The summed E-state index contributed by atoms with van der Waals surface area (Å²) in [4.78, 5) is 4.76. The molecule has 1 aliphatic heterocycles. The van der Waals surface area contributed by atoms with Crippen molar-refractivity contribution >= 4 is 5.96 Å². The number of hydrogen-bond donors (Lipinski definition) is 2. The summed E-state index contributed by atoms with van der Waals surface area (Å²) in [6.45, 7) is 9.02. The second-order valence-corrected chi connectivity index (χ2v) is 7.23. The Labute approximate surface area is 144 Å². The second kappa shape index (κ2) is 7.01. The molecule has 3 unspecified atom stereocenters. The molecule has 1 aromatic rings. The minimum absolute atomic E-state index is 0.146. The number of aliphatic imine (C=N–C) groups is 1. The molecule has 3 atom stereocenters. The summed E-state index contributed by atoms with van der Waals surface area (Å²) < 4.78 is 11.2. The van der Waals surface area contributed by atoms with Crippen LogP contribution in [0.3, 0.4) is 0 Å². The van der Waals surface area contributed by atoms with Gasteiger partial charge in [-0.3, -0.25) is 0 Å². The number of nitrogens with zero attached hydrogens (tertiary/aromatic N) is 1. The van der Waals surface area contributed by atoms with Crippen molar-refractivity contribution in [3.8, 4) is 5.75 Å². The normalized spacial score (nSPS) is 28.0. The smallest absolute Gasteiger partial charge is 0.191 e. The van der Waals surface area contributed by atoms with Gasteiger partial charge in [0, 0.05) is 30.5 Å². The molecule has 0 spiro atoms. The molecule has 132 valence electrons. The van der Waals surface area contributed by atoms with Gasteiger partial charge in [-0.25, -0.2) is 4.99 Å². The van der Waals surface area contributed by atoms with Crippen LogP contribution in [0.4, 0.5) is 0 Å². The van der Waals surface area contributed by atoms with E-state index in [-0.39, 0.29) is 5.41 Å². The first kappa shape index (κ1) is 17.1. The van der Waals surface area contributed by atoms with Crippen LogP contribution >= 0.6 is 0 Å². The fourth-order valence-electron chi connectivity index (χ4n) is 4.03. The van der Waals surface area contributed by atoms with Gasteiger partial charge in [0.1, 0.15) is 5.75 Å². The molecule has 1 aromatic carbocycles. The van der Waals surface area contributed by atoms with Crippen molar-refractivity contribution in [2.24, 2.45) is 16.3 Å². The summed E-state index contributed by atoms with van der Waals surface area (Å²) in [6, 6.07) is 8.46. The van der Waals surface area contributed by atoms with E-state index in [4.69, 9.17) is 14.5 Å². The van der Waals surface area contributed by atoms with E-state index in [1.807, 2.05) is 18.2 Å². The molecule has 1 aliphatic carbocycles. The predicted octanol–water partition coefficient (Wildman–Crippen LogP) is 2.56. The summed E-state index contributed by atoms with van der Waals surface area (Å²) in [5.41, 5.74) is 1.29. The van der Waals surface area contributed by atoms with Crippen LogP contribution in [0, 0.1) is 11.3 Å². The van der Waals surface area contributed by atoms with E-state index in [9.17, 15) is 0 Å². The molecule has 2 fully saturated rings. The molecule has 5 nitrogen and oxygen atoms in total. The van der Waals surface area contributed by atoms with Crippen LogP contribution in [0.15, 0.2) is 29.3 Å². The highest BCUT2D eigenvalue weighted by atomic mass is 16.5. The molecule has 2 aliphatic rings. The van der Waals surface area contributed by atoms with Crippen LogP contribution in [-0.2, 0) is 11.3 Å². The van der Waals surface area contributed by atoms with E-state index >= 15 is 0 Å². The first-order chi connectivity index (χ1) is 11.6. The number of methoxy groups -OCH3 is 1. The fourth-order valence-corrected chi connectivity index (χ4v) is 4.03. The van der Waals surface area contributed by atoms with Crippen molar-refractivity contribution in [3.05, 3.63) is 29.8 Å². The van der Waals surface area contributed by atoms with Gasteiger partial charge in [0.2, 0.25) is 0 Å². The van der Waals surface area contributed by atoms with Gasteiger partial charge in [-0.1, -0.05) is 26.0 Å². The third kappa shape index (κ3) is 3.22. The third-order valence-electron chi connectivity index (χ3n) is 5.29. The largest absolute Gasteiger partial charge is 0.497 e. The highest BCUT2D eigenvalue weighted by Crippen LogP contribution is 2.52. The first-order valence-electron chi connectivity index (χ1n) is 8.85. The highest BCUT2D eigenvalue weighted by molar-refractivity contribution is 5.80. The summed E-state index contributed by atoms with van der Waals surface area (Å²) in [5.74, 6) is 2.34.